The first-order chi connectivity index (χ1) is 14.5. The molecule has 148 valence electrons. The molecule has 2 N–H and O–H groups in total. The van der Waals surface area contributed by atoms with Crippen LogP contribution in [0.1, 0.15) is 9.67 Å². The van der Waals surface area contributed by atoms with Gasteiger partial charge in [0.25, 0.3) is 0 Å². The van der Waals surface area contributed by atoms with Crippen molar-refractivity contribution in [2.75, 3.05) is 10.2 Å². The number of urea groups is 1. The Hall–Kier alpha value is -3.76. The Balaban J connectivity index is 1.58. The summed E-state index contributed by atoms with van der Waals surface area (Å²) in [7, 11) is 0. The Bertz CT molecular complexity index is 1330. The monoisotopic (exact) mass is 439 g/mol. The van der Waals surface area contributed by atoms with Gasteiger partial charge in [-0.15, -0.1) is 11.3 Å². The second-order valence-corrected chi connectivity index (χ2v) is 7.57. The molecular formula is C19H10ClN5O4S. The second-order valence-electron chi connectivity index (χ2n) is 6.16. The summed E-state index contributed by atoms with van der Waals surface area (Å²) >= 11 is 7.36. The zero-order valence-electron chi connectivity index (χ0n) is 14.9. The number of aromatic nitrogens is 3. The van der Waals surface area contributed by atoms with Crippen molar-refractivity contribution in [2.45, 2.75) is 0 Å². The van der Waals surface area contributed by atoms with Crippen molar-refractivity contribution >= 4 is 62.3 Å². The lowest BCUT2D eigenvalue weighted by Crippen LogP contribution is -2.34. The number of hydrogen-bond donors (Lipinski definition) is 2. The minimum Gasteiger partial charge on any atom is -0.477 e. The highest BCUT2D eigenvalue weighted by Gasteiger charge is 2.34. The van der Waals surface area contributed by atoms with Gasteiger partial charge in [-0.25, -0.2) is 24.5 Å². The highest BCUT2D eigenvalue weighted by atomic mass is 35.5. The number of nitrogens with zero attached hydrogens (tertiary/aromatic N) is 4. The van der Waals surface area contributed by atoms with Gasteiger partial charge in [-0.05, 0) is 30.3 Å². The van der Waals surface area contributed by atoms with Crippen LogP contribution < -0.4 is 15.0 Å². The number of nitrogens with one attached hydrogen (secondary N) is 1. The first kappa shape index (κ1) is 18.3. The smallest absolute Gasteiger partial charge is 0.348 e. The number of halogens is 1. The molecule has 30 heavy (non-hydrogen) atoms. The molecule has 3 aromatic heterocycles. The zero-order chi connectivity index (χ0) is 20.8. The van der Waals surface area contributed by atoms with Crippen LogP contribution in [0.4, 0.5) is 22.0 Å². The number of carbonyl (C=O) groups excluding carboxylic acids is 1. The van der Waals surface area contributed by atoms with Gasteiger partial charge in [-0.3, -0.25) is 4.98 Å². The number of amides is 2. The van der Waals surface area contributed by atoms with E-state index in [9.17, 15) is 14.7 Å². The summed E-state index contributed by atoms with van der Waals surface area (Å²) in [5.74, 6) is 0.0414. The van der Waals surface area contributed by atoms with Crippen molar-refractivity contribution in [1.82, 2.24) is 15.0 Å². The fourth-order valence-electron chi connectivity index (χ4n) is 3.10. The quantitative estimate of drug-likeness (QED) is 0.463. The lowest BCUT2D eigenvalue weighted by molar-refractivity contribution is 0.0703. The van der Waals surface area contributed by atoms with E-state index in [0.717, 1.165) is 11.3 Å². The van der Waals surface area contributed by atoms with Crippen LogP contribution in [0.2, 0.25) is 5.02 Å². The fourth-order valence-corrected chi connectivity index (χ4v) is 4.25. The highest BCUT2D eigenvalue weighted by Crippen LogP contribution is 2.45. The zero-order valence-corrected chi connectivity index (χ0v) is 16.4. The lowest BCUT2D eigenvalue weighted by atomic mass is 10.2. The van der Waals surface area contributed by atoms with Crippen molar-refractivity contribution in [3.63, 3.8) is 0 Å². The third-order valence-electron chi connectivity index (χ3n) is 4.35. The largest absolute Gasteiger partial charge is 0.477 e. The van der Waals surface area contributed by atoms with Gasteiger partial charge in [-0.1, -0.05) is 11.6 Å². The second kappa shape index (κ2) is 6.94. The van der Waals surface area contributed by atoms with Gasteiger partial charge in [-0.2, -0.15) is 0 Å². The standard InChI is InChI=1S/C19H10ClN5O4S/c20-11-6-9(3-4-12(11)29-10-2-1-5-21-7-10)25-16-13-14(24-19(25)28)15(18(26)27)30-17(13)23-8-22-16/h1-8H,(H,24,28)(H,26,27). The third-order valence-corrected chi connectivity index (χ3v) is 5.73. The number of pyridine rings is 1. The Labute approximate surface area is 177 Å². The number of aromatic carboxylic acids is 1. The summed E-state index contributed by atoms with van der Waals surface area (Å²) in [6.45, 7) is 0. The Kier molecular flexibility index (Phi) is 4.23. The van der Waals surface area contributed by atoms with Gasteiger partial charge in [0.15, 0.2) is 5.82 Å². The van der Waals surface area contributed by atoms with Crippen LogP contribution in [0.5, 0.6) is 11.5 Å². The normalized spacial score (nSPS) is 12.7. The molecule has 9 nitrogen and oxygen atoms in total. The number of benzene rings is 1. The topological polar surface area (TPSA) is 118 Å². The number of rotatable bonds is 4. The maximum absolute atomic E-state index is 12.8. The maximum Gasteiger partial charge on any atom is 0.348 e. The molecule has 0 saturated heterocycles. The average molecular weight is 440 g/mol. The molecule has 5 rings (SSSR count). The number of hydrogen-bond acceptors (Lipinski definition) is 7. The van der Waals surface area contributed by atoms with Crippen LogP contribution in [-0.2, 0) is 0 Å². The van der Waals surface area contributed by atoms with Gasteiger partial charge >= 0.3 is 12.0 Å². The minimum absolute atomic E-state index is 0.00185. The summed E-state index contributed by atoms with van der Waals surface area (Å²) in [6.07, 6.45) is 4.47. The van der Waals surface area contributed by atoms with E-state index < -0.39 is 12.0 Å². The molecule has 0 aliphatic carbocycles. The first-order valence-corrected chi connectivity index (χ1v) is 9.71. The van der Waals surface area contributed by atoms with E-state index in [4.69, 9.17) is 16.3 Å². The maximum atomic E-state index is 12.8. The molecule has 4 aromatic rings. The Morgan fingerprint density at radius 1 is 1.27 bits per heavy atom. The number of ether oxygens (including phenoxy) is 1. The summed E-state index contributed by atoms with van der Waals surface area (Å²) in [6, 6.07) is 7.77. The number of anilines is 3. The van der Waals surface area contributed by atoms with Crippen molar-refractivity contribution in [3.8, 4) is 11.5 Å². The third kappa shape index (κ3) is 2.90. The number of carbonyl (C=O) groups is 2. The molecule has 11 heteroatoms. The van der Waals surface area contributed by atoms with Crippen LogP contribution in [-0.4, -0.2) is 32.1 Å². The number of carboxylic acids is 1. The summed E-state index contributed by atoms with van der Waals surface area (Å²) in [5.41, 5.74) is 0.631. The van der Waals surface area contributed by atoms with E-state index in [0.29, 0.717) is 27.4 Å². The fraction of sp³-hybridized carbons (Fsp3) is 0. The molecule has 0 atom stereocenters. The molecule has 1 aliphatic heterocycles. The molecule has 0 saturated carbocycles. The molecular weight excluding hydrogens is 430 g/mol. The van der Waals surface area contributed by atoms with Gasteiger partial charge in [0.2, 0.25) is 0 Å². The van der Waals surface area contributed by atoms with Crippen molar-refractivity contribution < 1.29 is 19.4 Å². The number of thiophene rings is 1. The Morgan fingerprint density at radius 2 is 2.13 bits per heavy atom. The Morgan fingerprint density at radius 3 is 2.87 bits per heavy atom. The summed E-state index contributed by atoms with van der Waals surface area (Å²) < 4.78 is 5.72. The average Bonchev–Trinajstić information content (AvgIpc) is 3.11. The van der Waals surface area contributed by atoms with Gasteiger partial charge in [0.1, 0.15) is 27.5 Å². The van der Waals surface area contributed by atoms with Gasteiger partial charge < -0.3 is 15.2 Å². The van der Waals surface area contributed by atoms with Crippen LogP contribution in [0.15, 0.2) is 49.1 Å². The molecule has 0 radical (unpaired) electrons. The molecule has 1 aliphatic rings. The van der Waals surface area contributed by atoms with E-state index in [1.807, 2.05) is 0 Å². The van der Waals surface area contributed by atoms with E-state index in [2.05, 4.69) is 20.3 Å². The van der Waals surface area contributed by atoms with E-state index in [1.54, 1.807) is 42.7 Å². The molecule has 0 bridgehead atoms. The van der Waals surface area contributed by atoms with Crippen molar-refractivity contribution in [2.24, 2.45) is 0 Å². The molecule has 2 amide bonds. The van der Waals surface area contributed by atoms with Crippen molar-refractivity contribution in [1.29, 1.82) is 0 Å². The first-order valence-electron chi connectivity index (χ1n) is 8.52. The molecule has 4 heterocycles. The van der Waals surface area contributed by atoms with Crippen LogP contribution in [0.3, 0.4) is 0 Å². The highest BCUT2D eigenvalue weighted by molar-refractivity contribution is 7.21. The van der Waals surface area contributed by atoms with Crippen LogP contribution in [0.25, 0.3) is 10.2 Å². The SMILES string of the molecule is O=C(O)c1sc2ncnc3c2c1NC(=O)N3c1ccc(Oc2cccnc2)c(Cl)c1. The van der Waals surface area contributed by atoms with Crippen molar-refractivity contribution in [3.05, 3.63) is 59.0 Å². The van der Waals surface area contributed by atoms with E-state index in [1.165, 1.54) is 11.2 Å². The van der Waals surface area contributed by atoms with Crippen LogP contribution >= 0.6 is 22.9 Å². The van der Waals surface area contributed by atoms with Crippen LogP contribution in [0, 0.1) is 0 Å². The minimum atomic E-state index is -1.15. The van der Waals surface area contributed by atoms with Gasteiger partial charge in [0.05, 0.1) is 28.0 Å². The molecule has 0 unspecified atom stereocenters. The van der Waals surface area contributed by atoms with E-state index in [-0.39, 0.29) is 21.4 Å². The predicted octanol–water partition coefficient (Wildman–Crippen LogP) is 4.91. The van der Waals surface area contributed by atoms with E-state index >= 15 is 0 Å². The molecule has 0 spiro atoms. The summed E-state index contributed by atoms with van der Waals surface area (Å²) in [5, 5.41) is 12.8. The summed E-state index contributed by atoms with van der Waals surface area (Å²) in [4.78, 5) is 38.5. The lowest BCUT2D eigenvalue weighted by Gasteiger charge is -2.27. The molecule has 0 fully saturated rings. The molecule has 1 aromatic carbocycles. The number of carboxylic acid groups (broad SMARTS) is 1. The predicted molar refractivity (Wildman–Crippen MR) is 111 cm³/mol. The van der Waals surface area contributed by atoms with Gasteiger partial charge in [0, 0.05) is 6.20 Å².